The average molecular weight is 322 g/mol. The lowest BCUT2D eigenvalue weighted by molar-refractivity contribution is -0.142. The van der Waals surface area contributed by atoms with Gasteiger partial charge in [-0.2, -0.15) is 17.4 Å². The maximum Gasteiger partial charge on any atom is 0.307 e. The van der Waals surface area contributed by atoms with Crippen molar-refractivity contribution in [2.45, 2.75) is 45.6 Å². The third-order valence-electron chi connectivity index (χ3n) is 4.14. The van der Waals surface area contributed by atoms with E-state index in [2.05, 4.69) is 4.72 Å². The summed E-state index contributed by atoms with van der Waals surface area (Å²) in [6.45, 7) is 4.18. The molecule has 2 unspecified atom stereocenters. The molecule has 3 N–H and O–H groups in total. The smallest absolute Gasteiger partial charge is 0.307 e. The summed E-state index contributed by atoms with van der Waals surface area (Å²) >= 11 is 0. The highest BCUT2D eigenvalue weighted by atomic mass is 32.2. The fourth-order valence-corrected chi connectivity index (χ4v) is 3.95. The van der Waals surface area contributed by atoms with Crippen molar-refractivity contribution in [2.75, 3.05) is 19.6 Å². The lowest BCUT2D eigenvalue weighted by atomic mass is 9.97. The Hall–Kier alpha value is -0.700. The minimum atomic E-state index is -3.73. The molecule has 0 saturated carbocycles. The topological polar surface area (TPSA) is 107 Å². The summed E-state index contributed by atoms with van der Waals surface area (Å²) in [6.07, 6.45) is 1.87. The minimum absolute atomic E-state index is 0.00819. The Kier molecular flexibility index (Phi) is 7.05. The minimum Gasteiger partial charge on any atom is -0.481 e. The predicted molar refractivity (Wildman–Crippen MR) is 78.9 cm³/mol. The Balaban J connectivity index is 2.58. The van der Waals surface area contributed by atoms with Crippen LogP contribution in [-0.4, -0.2) is 54.6 Å². The predicted octanol–water partition coefficient (Wildman–Crippen LogP) is 0.415. The number of nitrogens with one attached hydrogen (secondary N) is 1. The van der Waals surface area contributed by atoms with Crippen LogP contribution in [0.4, 0.5) is 0 Å². The molecule has 1 saturated heterocycles. The van der Waals surface area contributed by atoms with Gasteiger partial charge in [0.05, 0.1) is 12.0 Å². The standard InChI is InChI=1S/C13H26N2O5S/c1-3-10(4-2)12(16)8-14-21(19,20)15-7-5-6-11(9-15)13(17)18/h10-12,14,16H,3-9H2,1-2H3,(H,17,18). The first-order valence-corrected chi connectivity index (χ1v) is 8.91. The summed E-state index contributed by atoms with van der Waals surface area (Å²) in [5.41, 5.74) is 0. The molecule has 0 amide bonds. The zero-order chi connectivity index (χ0) is 16.0. The van der Waals surface area contributed by atoms with Gasteiger partial charge in [0, 0.05) is 19.6 Å². The molecule has 124 valence electrons. The van der Waals surface area contributed by atoms with Crippen LogP contribution in [0.5, 0.6) is 0 Å². The number of carboxylic acid groups (broad SMARTS) is 1. The fourth-order valence-electron chi connectivity index (χ4n) is 2.64. The van der Waals surface area contributed by atoms with Gasteiger partial charge in [-0.15, -0.1) is 0 Å². The van der Waals surface area contributed by atoms with E-state index in [-0.39, 0.29) is 19.0 Å². The van der Waals surface area contributed by atoms with Gasteiger partial charge in [-0.05, 0) is 18.8 Å². The average Bonchev–Trinajstić information content (AvgIpc) is 2.46. The highest BCUT2D eigenvalue weighted by molar-refractivity contribution is 7.87. The van der Waals surface area contributed by atoms with E-state index in [0.29, 0.717) is 19.4 Å². The molecule has 1 fully saturated rings. The Morgan fingerprint density at radius 1 is 1.38 bits per heavy atom. The quantitative estimate of drug-likeness (QED) is 0.600. The molecule has 0 bridgehead atoms. The summed E-state index contributed by atoms with van der Waals surface area (Å²) in [5.74, 6) is -1.56. The van der Waals surface area contributed by atoms with Crippen LogP contribution >= 0.6 is 0 Å². The third kappa shape index (κ3) is 5.21. The lowest BCUT2D eigenvalue weighted by Crippen LogP contribution is -2.49. The largest absolute Gasteiger partial charge is 0.481 e. The second kappa shape index (κ2) is 8.07. The molecule has 0 radical (unpaired) electrons. The van der Waals surface area contributed by atoms with Gasteiger partial charge in [-0.3, -0.25) is 4.79 Å². The highest BCUT2D eigenvalue weighted by Gasteiger charge is 2.32. The van der Waals surface area contributed by atoms with Crippen molar-refractivity contribution in [3.8, 4) is 0 Å². The molecule has 0 aliphatic carbocycles. The second-order valence-corrected chi connectivity index (χ2v) is 7.29. The number of aliphatic hydroxyl groups is 1. The van der Waals surface area contributed by atoms with Crippen LogP contribution in [0.2, 0.25) is 0 Å². The van der Waals surface area contributed by atoms with Crippen molar-refractivity contribution in [3.63, 3.8) is 0 Å². The Bertz CT molecular complexity index is 436. The van der Waals surface area contributed by atoms with Gasteiger partial charge in [-0.1, -0.05) is 26.7 Å². The van der Waals surface area contributed by atoms with E-state index < -0.39 is 28.2 Å². The molecule has 0 aromatic heterocycles. The molecule has 0 spiro atoms. The number of aliphatic hydroxyl groups excluding tert-OH is 1. The molecule has 1 rings (SSSR count). The number of rotatable bonds is 8. The molecule has 1 aliphatic heterocycles. The highest BCUT2D eigenvalue weighted by Crippen LogP contribution is 2.19. The number of piperidine rings is 1. The third-order valence-corrected chi connectivity index (χ3v) is 5.68. The summed E-state index contributed by atoms with van der Waals surface area (Å²) in [4.78, 5) is 11.0. The van der Waals surface area contributed by atoms with Crippen molar-refractivity contribution in [1.82, 2.24) is 9.03 Å². The molecule has 21 heavy (non-hydrogen) atoms. The first-order chi connectivity index (χ1) is 9.81. The van der Waals surface area contributed by atoms with E-state index in [1.165, 1.54) is 0 Å². The molecule has 8 heteroatoms. The number of aliphatic carboxylic acids is 1. The van der Waals surface area contributed by atoms with Gasteiger partial charge in [-0.25, -0.2) is 0 Å². The first kappa shape index (κ1) is 18.3. The summed E-state index contributed by atoms with van der Waals surface area (Å²) < 4.78 is 27.9. The van der Waals surface area contributed by atoms with E-state index in [0.717, 1.165) is 17.1 Å². The summed E-state index contributed by atoms with van der Waals surface area (Å²) in [6, 6.07) is 0. The van der Waals surface area contributed by atoms with E-state index in [9.17, 15) is 18.3 Å². The van der Waals surface area contributed by atoms with Crippen LogP contribution in [0.3, 0.4) is 0 Å². The van der Waals surface area contributed by atoms with E-state index >= 15 is 0 Å². The first-order valence-electron chi connectivity index (χ1n) is 7.47. The van der Waals surface area contributed by atoms with Gasteiger partial charge in [0.1, 0.15) is 0 Å². The van der Waals surface area contributed by atoms with Crippen LogP contribution in [0.25, 0.3) is 0 Å². The molecule has 0 aromatic rings. The maximum absolute atomic E-state index is 12.2. The van der Waals surface area contributed by atoms with Crippen molar-refractivity contribution in [1.29, 1.82) is 0 Å². The van der Waals surface area contributed by atoms with Gasteiger partial charge in [0.2, 0.25) is 0 Å². The zero-order valence-corrected chi connectivity index (χ0v) is 13.5. The van der Waals surface area contributed by atoms with Crippen LogP contribution in [0, 0.1) is 11.8 Å². The van der Waals surface area contributed by atoms with Gasteiger partial charge >= 0.3 is 5.97 Å². The molecular weight excluding hydrogens is 296 g/mol. The summed E-state index contributed by atoms with van der Waals surface area (Å²) in [5, 5.41) is 19.0. The second-order valence-electron chi connectivity index (χ2n) is 5.53. The molecule has 1 aliphatic rings. The number of carboxylic acids is 1. The van der Waals surface area contributed by atoms with Gasteiger partial charge < -0.3 is 10.2 Å². The van der Waals surface area contributed by atoms with Gasteiger partial charge in [0.15, 0.2) is 0 Å². The monoisotopic (exact) mass is 322 g/mol. The molecule has 1 heterocycles. The van der Waals surface area contributed by atoms with Crippen molar-refractivity contribution >= 4 is 16.2 Å². The normalized spacial score (nSPS) is 22.4. The zero-order valence-electron chi connectivity index (χ0n) is 12.7. The van der Waals surface area contributed by atoms with E-state index in [1.54, 1.807) is 0 Å². The number of carbonyl (C=O) groups is 1. The maximum atomic E-state index is 12.2. The Labute approximate surface area is 126 Å². The SMILES string of the molecule is CCC(CC)C(O)CNS(=O)(=O)N1CCCC(C(=O)O)C1. The van der Waals surface area contributed by atoms with Crippen LogP contribution in [-0.2, 0) is 15.0 Å². The summed E-state index contributed by atoms with van der Waals surface area (Å²) in [7, 11) is -3.73. The molecular formula is C13H26N2O5S. The lowest BCUT2D eigenvalue weighted by Gasteiger charge is -2.30. The van der Waals surface area contributed by atoms with Crippen molar-refractivity contribution < 1.29 is 23.4 Å². The fraction of sp³-hybridized carbons (Fsp3) is 0.923. The number of hydrogen-bond acceptors (Lipinski definition) is 4. The van der Waals surface area contributed by atoms with Gasteiger partial charge in [0.25, 0.3) is 10.2 Å². The Morgan fingerprint density at radius 2 is 2.00 bits per heavy atom. The van der Waals surface area contributed by atoms with Crippen molar-refractivity contribution in [2.24, 2.45) is 11.8 Å². The van der Waals surface area contributed by atoms with Crippen LogP contribution < -0.4 is 4.72 Å². The Morgan fingerprint density at radius 3 is 2.52 bits per heavy atom. The molecule has 0 aromatic carbocycles. The molecule has 7 nitrogen and oxygen atoms in total. The van der Waals surface area contributed by atoms with E-state index in [1.807, 2.05) is 13.8 Å². The number of hydrogen-bond donors (Lipinski definition) is 3. The van der Waals surface area contributed by atoms with Crippen LogP contribution in [0.15, 0.2) is 0 Å². The van der Waals surface area contributed by atoms with E-state index in [4.69, 9.17) is 5.11 Å². The number of nitrogens with zero attached hydrogens (tertiary/aromatic N) is 1. The van der Waals surface area contributed by atoms with Crippen LogP contribution in [0.1, 0.15) is 39.5 Å². The molecule has 2 atom stereocenters. The van der Waals surface area contributed by atoms with Crippen molar-refractivity contribution in [3.05, 3.63) is 0 Å².